The number of hydrogen-bond donors (Lipinski definition) is 2. The summed E-state index contributed by atoms with van der Waals surface area (Å²) in [4.78, 5) is 29.2. The van der Waals surface area contributed by atoms with Crippen LogP contribution in [0, 0.1) is 12.8 Å². The molecule has 0 saturated carbocycles. The van der Waals surface area contributed by atoms with Gasteiger partial charge in [0.05, 0.1) is 6.54 Å². The van der Waals surface area contributed by atoms with Crippen molar-refractivity contribution in [3.05, 3.63) is 18.2 Å². The average Bonchev–Trinajstić information content (AvgIpc) is 3.06. The first-order valence-corrected chi connectivity index (χ1v) is 8.70. The second kappa shape index (κ2) is 8.82. The average molecular weight is 336 g/mol. The third-order valence-corrected chi connectivity index (χ3v) is 4.61. The molecule has 0 spiro atoms. The van der Waals surface area contributed by atoms with Gasteiger partial charge in [-0.25, -0.2) is 4.98 Å². The number of imidazole rings is 1. The molecule has 2 N–H and O–H groups in total. The Hall–Kier alpha value is -1.89. The summed E-state index contributed by atoms with van der Waals surface area (Å²) in [6, 6.07) is 0.0618. The van der Waals surface area contributed by atoms with Crippen LogP contribution in [-0.2, 0) is 16.1 Å². The Bertz CT molecular complexity index is 558. The van der Waals surface area contributed by atoms with E-state index in [1.165, 1.54) is 0 Å². The smallest absolute Gasteiger partial charge is 0.317 e. The van der Waals surface area contributed by atoms with Crippen LogP contribution in [0.5, 0.6) is 0 Å². The van der Waals surface area contributed by atoms with Gasteiger partial charge in [0.25, 0.3) is 0 Å². The lowest BCUT2D eigenvalue weighted by molar-refractivity contribution is -0.138. The zero-order valence-corrected chi connectivity index (χ0v) is 14.6. The van der Waals surface area contributed by atoms with Crippen molar-refractivity contribution in [1.82, 2.24) is 19.8 Å². The van der Waals surface area contributed by atoms with E-state index in [0.717, 1.165) is 38.2 Å². The fourth-order valence-electron chi connectivity index (χ4n) is 3.44. The van der Waals surface area contributed by atoms with E-state index in [0.29, 0.717) is 18.9 Å². The van der Waals surface area contributed by atoms with Crippen LogP contribution in [0.3, 0.4) is 0 Å². The van der Waals surface area contributed by atoms with Crippen molar-refractivity contribution in [1.29, 1.82) is 0 Å². The number of aromatic nitrogens is 2. The number of rotatable bonds is 9. The number of nitrogens with zero attached hydrogens (tertiary/aromatic N) is 3. The van der Waals surface area contributed by atoms with Gasteiger partial charge in [0.15, 0.2) is 0 Å². The van der Waals surface area contributed by atoms with Crippen LogP contribution in [0.25, 0.3) is 0 Å². The molecule has 24 heavy (non-hydrogen) atoms. The molecular weight excluding hydrogens is 308 g/mol. The van der Waals surface area contributed by atoms with Gasteiger partial charge in [-0.2, -0.15) is 0 Å². The minimum Gasteiger partial charge on any atom is -0.480 e. The molecule has 0 radical (unpaired) electrons. The molecule has 7 heteroatoms. The monoisotopic (exact) mass is 336 g/mol. The molecule has 1 fully saturated rings. The predicted octanol–water partition coefficient (Wildman–Crippen LogP) is 1.27. The number of hydrogen-bond acceptors (Lipinski definition) is 4. The van der Waals surface area contributed by atoms with Crippen molar-refractivity contribution >= 4 is 11.9 Å². The molecule has 2 rings (SSSR count). The van der Waals surface area contributed by atoms with Crippen LogP contribution in [0.2, 0.25) is 0 Å². The number of aliphatic carboxylic acids is 1. The van der Waals surface area contributed by atoms with Gasteiger partial charge in [0.1, 0.15) is 5.82 Å². The summed E-state index contributed by atoms with van der Waals surface area (Å²) >= 11 is 0. The van der Waals surface area contributed by atoms with Gasteiger partial charge in [-0.05, 0) is 25.7 Å². The highest BCUT2D eigenvalue weighted by molar-refractivity contribution is 5.76. The second-order valence-corrected chi connectivity index (χ2v) is 6.58. The lowest BCUT2D eigenvalue weighted by Gasteiger charge is -2.19. The molecule has 2 heterocycles. The Balaban J connectivity index is 1.78. The summed E-state index contributed by atoms with van der Waals surface area (Å²) in [5, 5.41) is 12.1. The normalized spacial score (nSPS) is 21.1. The Labute approximate surface area is 143 Å². The molecule has 7 nitrogen and oxygen atoms in total. The molecule has 1 aromatic rings. The summed E-state index contributed by atoms with van der Waals surface area (Å²) in [6.45, 7) is 6.28. The summed E-state index contributed by atoms with van der Waals surface area (Å²) in [6.07, 6.45) is 6.98. The van der Waals surface area contributed by atoms with Crippen LogP contribution >= 0.6 is 0 Å². The Morgan fingerprint density at radius 2 is 2.21 bits per heavy atom. The lowest BCUT2D eigenvalue weighted by Crippen LogP contribution is -2.40. The van der Waals surface area contributed by atoms with E-state index < -0.39 is 5.97 Å². The van der Waals surface area contributed by atoms with Crippen molar-refractivity contribution in [2.45, 2.75) is 52.1 Å². The predicted molar refractivity (Wildman–Crippen MR) is 90.6 cm³/mol. The highest BCUT2D eigenvalue weighted by atomic mass is 16.4. The third-order valence-electron chi connectivity index (χ3n) is 4.61. The van der Waals surface area contributed by atoms with Crippen molar-refractivity contribution < 1.29 is 14.7 Å². The zero-order valence-electron chi connectivity index (χ0n) is 14.6. The first kappa shape index (κ1) is 18.4. The van der Waals surface area contributed by atoms with Crippen LogP contribution in [-0.4, -0.2) is 57.1 Å². The molecule has 0 bridgehead atoms. The standard InChI is InChI=1S/C17H28N4O3/c1-3-5-14-10-20(12-17(23)24)11-15(14)19-16(22)6-4-8-21-9-7-18-13(21)2/h7,9,14-15H,3-6,8,10-12H2,1-2H3,(H,19,22)(H,23,24)/t14-,15-/m1/s1. The number of aryl methyl sites for hydroxylation is 2. The van der Waals surface area contributed by atoms with Crippen molar-refractivity contribution in [2.75, 3.05) is 19.6 Å². The number of carboxylic acid groups (broad SMARTS) is 1. The van der Waals surface area contributed by atoms with Crippen molar-refractivity contribution in [2.24, 2.45) is 5.92 Å². The van der Waals surface area contributed by atoms with Gasteiger partial charge in [0, 0.05) is 44.5 Å². The maximum absolute atomic E-state index is 12.2. The number of nitrogens with one attached hydrogen (secondary N) is 1. The Morgan fingerprint density at radius 3 is 2.83 bits per heavy atom. The minimum absolute atomic E-state index is 0.0481. The highest BCUT2D eigenvalue weighted by Gasteiger charge is 2.33. The maximum Gasteiger partial charge on any atom is 0.317 e. The number of carbonyl (C=O) groups is 2. The van der Waals surface area contributed by atoms with E-state index >= 15 is 0 Å². The van der Waals surface area contributed by atoms with Crippen LogP contribution in [0.15, 0.2) is 12.4 Å². The molecule has 1 aliphatic rings. The minimum atomic E-state index is -0.812. The van der Waals surface area contributed by atoms with E-state index in [2.05, 4.69) is 17.2 Å². The van der Waals surface area contributed by atoms with E-state index in [9.17, 15) is 9.59 Å². The van der Waals surface area contributed by atoms with Gasteiger partial charge < -0.3 is 15.0 Å². The first-order valence-electron chi connectivity index (χ1n) is 8.70. The van der Waals surface area contributed by atoms with Crippen molar-refractivity contribution in [3.63, 3.8) is 0 Å². The van der Waals surface area contributed by atoms with Crippen LogP contribution in [0.1, 0.15) is 38.4 Å². The van der Waals surface area contributed by atoms with Crippen molar-refractivity contribution in [3.8, 4) is 0 Å². The maximum atomic E-state index is 12.2. The molecule has 1 aromatic heterocycles. The fourth-order valence-corrected chi connectivity index (χ4v) is 3.44. The molecule has 0 aromatic carbocycles. The molecule has 2 atom stereocenters. The van der Waals surface area contributed by atoms with Gasteiger partial charge >= 0.3 is 5.97 Å². The second-order valence-electron chi connectivity index (χ2n) is 6.58. The third kappa shape index (κ3) is 5.33. The summed E-state index contributed by atoms with van der Waals surface area (Å²) in [5.41, 5.74) is 0. The SMILES string of the molecule is CCC[C@@H]1CN(CC(=O)O)C[C@H]1NC(=O)CCCn1ccnc1C. The molecule has 0 aliphatic carbocycles. The zero-order chi connectivity index (χ0) is 17.5. The first-order chi connectivity index (χ1) is 11.5. The number of likely N-dealkylation sites (tertiary alicyclic amines) is 1. The lowest BCUT2D eigenvalue weighted by atomic mass is 9.98. The topological polar surface area (TPSA) is 87.5 Å². The van der Waals surface area contributed by atoms with E-state index in [1.807, 2.05) is 22.6 Å². The molecule has 1 aliphatic heterocycles. The van der Waals surface area contributed by atoms with Gasteiger partial charge in [-0.3, -0.25) is 14.5 Å². The quantitative estimate of drug-likeness (QED) is 0.709. The number of amides is 1. The van der Waals surface area contributed by atoms with Gasteiger partial charge in [-0.15, -0.1) is 0 Å². The summed E-state index contributed by atoms with van der Waals surface area (Å²) < 4.78 is 2.04. The molecule has 1 saturated heterocycles. The fraction of sp³-hybridized carbons (Fsp3) is 0.706. The number of carbonyl (C=O) groups excluding carboxylic acids is 1. The molecular formula is C17H28N4O3. The van der Waals surface area contributed by atoms with Gasteiger partial charge in [0.2, 0.25) is 5.91 Å². The molecule has 0 unspecified atom stereocenters. The highest BCUT2D eigenvalue weighted by Crippen LogP contribution is 2.21. The Morgan fingerprint density at radius 1 is 1.42 bits per heavy atom. The van der Waals surface area contributed by atoms with E-state index in [1.54, 1.807) is 6.20 Å². The Kier molecular flexibility index (Phi) is 6.78. The summed E-state index contributed by atoms with van der Waals surface area (Å²) in [7, 11) is 0. The number of carboxylic acids is 1. The largest absolute Gasteiger partial charge is 0.480 e. The van der Waals surface area contributed by atoms with Crippen LogP contribution in [0.4, 0.5) is 0 Å². The molecule has 1 amide bonds. The summed E-state index contributed by atoms with van der Waals surface area (Å²) in [5.74, 6) is 0.539. The molecule has 134 valence electrons. The van der Waals surface area contributed by atoms with E-state index in [4.69, 9.17) is 5.11 Å². The van der Waals surface area contributed by atoms with Crippen LogP contribution < -0.4 is 5.32 Å². The van der Waals surface area contributed by atoms with Gasteiger partial charge in [-0.1, -0.05) is 13.3 Å². The van der Waals surface area contributed by atoms with E-state index in [-0.39, 0.29) is 18.5 Å².